The number of fused-ring (bicyclic) bond motifs is 1. The van der Waals surface area contributed by atoms with Crippen LogP contribution < -0.4 is 20.1 Å². The Hall–Kier alpha value is -3.61. The highest BCUT2D eigenvalue weighted by Crippen LogP contribution is 2.32. The number of hydrogen-bond donors (Lipinski definition) is 2. The number of benzene rings is 2. The van der Waals surface area contributed by atoms with Gasteiger partial charge in [-0.15, -0.1) is 10.2 Å². The molecule has 4 rings (SSSR count). The molecule has 2 N–H and O–H groups in total. The maximum atomic E-state index is 12.4. The van der Waals surface area contributed by atoms with Crippen molar-refractivity contribution in [1.82, 2.24) is 10.2 Å². The van der Waals surface area contributed by atoms with Gasteiger partial charge in [-0.3, -0.25) is 4.79 Å². The lowest BCUT2D eigenvalue weighted by Crippen LogP contribution is -2.14. The third-order valence-corrected chi connectivity index (χ3v) is 4.20. The van der Waals surface area contributed by atoms with Crippen LogP contribution in [0.25, 0.3) is 0 Å². The Bertz CT molecular complexity index is 945. The topological polar surface area (TPSA) is 85.4 Å². The molecule has 0 saturated carbocycles. The van der Waals surface area contributed by atoms with E-state index in [1.165, 1.54) is 0 Å². The molecule has 0 saturated heterocycles. The summed E-state index contributed by atoms with van der Waals surface area (Å²) in [5.41, 5.74) is 1.61. The Morgan fingerprint density at radius 2 is 1.70 bits per heavy atom. The minimum Gasteiger partial charge on any atom is -0.454 e. The normalized spacial score (nSPS) is 13.1. The van der Waals surface area contributed by atoms with Crippen molar-refractivity contribution < 1.29 is 14.3 Å². The molecule has 27 heavy (non-hydrogen) atoms. The van der Waals surface area contributed by atoms with E-state index in [1.807, 2.05) is 37.3 Å². The third-order valence-electron chi connectivity index (χ3n) is 4.20. The average molecular weight is 362 g/mol. The monoisotopic (exact) mass is 362 g/mol. The van der Waals surface area contributed by atoms with Gasteiger partial charge in [0.05, 0.1) is 0 Å². The van der Waals surface area contributed by atoms with Gasteiger partial charge >= 0.3 is 0 Å². The van der Waals surface area contributed by atoms with Crippen molar-refractivity contribution in [3.05, 3.63) is 71.8 Å². The number of hydrogen-bond acceptors (Lipinski definition) is 6. The fourth-order valence-corrected chi connectivity index (χ4v) is 2.75. The minimum atomic E-state index is -0.291. The summed E-state index contributed by atoms with van der Waals surface area (Å²) in [4.78, 5) is 12.4. The second kappa shape index (κ2) is 7.33. The van der Waals surface area contributed by atoms with Crippen LogP contribution in [0, 0.1) is 0 Å². The second-order valence-corrected chi connectivity index (χ2v) is 6.10. The summed E-state index contributed by atoms with van der Waals surface area (Å²) in [5, 5.41) is 14.2. The largest absolute Gasteiger partial charge is 0.454 e. The van der Waals surface area contributed by atoms with Crippen LogP contribution in [0.15, 0.2) is 60.7 Å². The Balaban J connectivity index is 1.39. The van der Waals surface area contributed by atoms with Gasteiger partial charge in [0.25, 0.3) is 5.91 Å². The Kier molecular flexibility index (Phi) is 4.57. The average Bonchev–Trinajstić information content (AvgIpc) is 3.18. The quantitative estimate of drug-likeness (QED) is 0.721. The molecule has 7 heteroatoms. The molecule has 136 valence electrons. The van der Waals surface area contributed by atoms with Gasteiger partial charge in [-0.25, -0.2) is 0 Å². The van der Waals surface area contributed by atoms with Crippen molar-refractivity contribution >= 4 is 17.5 Å². The van der Waals surface area contributed by atoms with Gasteiger partial charge < -0.3 is 20.1 Å². The zero-order valence-electron chi connectivity index (χ0n) is 14.7. The minimum absolute atomic E-state index is 0.0922. The number of ether oxygens (including phenoxy) is 2. The van der Waals surface area contributed by atoms with E-state index in [1.54, 1.807) is 30.3 Å². The molecule has 0 aliphatic carbocycles. The van der Waals surface area contributed by atoms with E-state index in [9.17, 15) is 4.79 Å². The number of anilines is 2. The molecule has 1 aromatic heterocycles. The molecular formula is C20H18N4O3. The lowest BCUT2D eigenvalue weighted by atomic mass is 10.1. The van der Waals surface area contributed by atoms with Gasteiger partial charge in [0.1, 0.15) is 5.82 Å². The highest BCUT2D eigenvalue weighted by Gasteiger charge is 2.16. The lowest BCUT2D eigenvalue weighted by molar-refractivity contribution is 0.102. The number of carbonyl (C=O) groups is 1. The van der Waals surface area contributed by atoms with Crippen molar-refractivity contribution in [1.29, 1.82) is 0 Å². The maximum Gasteiger partial charge on any atom is 0.257 e. The van der Waals surface area contributed by atoms with Crippen LogP contribution in [-0.4, -0.2) is 22.9 Å². The number of nitrogens with zero attached hydrogens (tertiary/aromatic N) is 2. The first kappa shape index (κ1) is 16.8. The number of nitrogens with one attached hydrogen (secondary N) is 2. The van der Waals surface area contributed by atoms with E-state index in [0.717, 1.165) is 5.56 Å². The van der Waals surface area contributed by atoms with Crippen molar-refractivity contribution in [2.24, 2.45) is 0 Å². The van der Waals surface area contributed by atoms with Crippen LogP contribution in [0.5, 0.6) is 11.5 Å². The molecule has 0 bridgehead atoms. The van der Waals surface area contributed by atoms with Crippen LogP contribution in [0.4, 0.5) is 11.6 Å². The molecule has 1 aliphatic rings. The van der Waals surface area contributed by atoms with E-state index in [4.69, 9.17) is 9.47 Å². The summed E-state index contributed by atoms with van der Waals surface area (Å²) in [5.74, 6) is 1.90. The number of carbonyl (C=O) groups excluding carboxylic acids is 1. The van der Waals surface area contributed by atoms with E-state index >= 15 is 0 Å². The van der Waals surface area contributed by atoms with Crippen molar-refractivity contribution in [2.45, 2.75) is 13.0 Å². The lowest BCUT2D eigenvalue weighted by Gasteiger charge is -2.14. The molecule has 1 unspecified atom stereocenters. The predicted octanol–water partition coefficient (Wildman–Crippen LogP) is 3.63. The molecule has 1 aliphatic heterocycles. The zero-order chi connectivity index (χ0) is 18.6. The highest BCUT2D eigenvalue weighted by molar-refractivity contribution is 6.04. The first-order valence-electron chi connectivity index (χ1n) is 8.55. The first-order valence-corrected chi connectivity index (χ1v) is 8.55. The number of aromatic nitrogens is 2. The fourth-order valence-electron chi connectivity index (χ4n) is 2.75. The second-order valence-electron chi connectivity index (χ2n) is 6.10. The molecular weight excluding hydrogens is 344 g/mol. The van der Waals surface area contributed by atoms with Crippen LogP contribution in [0.1, 0.15) is 28.9 Å². The van der Waals surface area contributed by atoms with Crippen LogP contribution in [-0.2, 0) is 0 Å². The predicted molar refractivity (Wildman–Crippen MR) is 101 cm³/mol. The molecule has 2 aromatic carbocycles. The van der Waals surface area contributed by atoms with E-state index in [2.05, 4.69) is 20.8 Å². The number of rotatable bonds is 5. The van der Waals surface area contributed by atoms with Gasteiger partial charge in [-0.1, -0.05) is 30.3 Å². The molecule has 3 aromatic rings. The molecule has 7 nitrogen and oxygen atoms in total. The smallest absolute Gasteiger partial charge is 0.257 e. The summed E-state index contributed by atoms with van der Waals surface area (Å²) in [7, 11) is 0. The van der Waals surface area contributed by atoms with E-state index in [-0.39, 0.29) is 18.7 Å². The SMILES string of the molecule is CC(Nc1ccc(NC(=O)c2ccc3c(c2)OCO3)nn1)c1ccccc1. The molecule has 0 radical (unpaired) electrons. The summed E-state index contributed by atoms with van der Waals surface area (Å²) in [6.07, 6.45) is 0. The molecule has 1 atom stereocenters. The molecule has 0 spiro atoms. The van der Waals surface area contributed by atoms with Crippen molar-refractivity contribution in [2.75, 3.05) is 17.4 Å². The maximum absolute atomic E-state index is 12.4. The summed E-state index contributed by atoms with van der Waals surface area (Å²) in [6.45, 7) is 2.22. The van der Waals surface area contributed by atoms with Gasteiger partial charge in [0.2, 0.25) is 6.79 Å². The van der Waals surface area contributed by atoms with Crippen LogP contribution >= 0.6 is 0 Å². The van der Waals surface area contributed by atoms with Crippen LogP contribution in [0.2, 0.25) is 0 Å². The Morgan fingerprint density at radius 3 is 2.48 bits per heavy atom. The van der Waals surface area contributed by atoms with E-state index in [0.29, 0.717) is 28.7 Å². The van der Waals surface area contributed by atoms with Gasteiger partial charge in [0, 0.05) is 11.6 Å². The van der Waals surface area contributed by atoms with Gasteiger partial charge in [-0.2, -0.15) is 0 Å². The third kappa shape index (κ3) is 3.82. The van der Waals surface area contributed by atoms with Gasteiger partial charge in [0.15, 0.2) is 17.3 Å². The first-order chi connectivity index (χ1) is 13.2. The molecule has 2 heterocycles. The van der Waals surface area contributed by atoms with Gasteiger partial charge in [-0.05, 0) is 42.8 Å². The van der Waals surface area contributed by atoms with Crippen molar-refractivity contribution in [3.8, 4) is 11.5 Å². The van der Waals surface area contributed by atoms with E-state index < -0.39 is 0 Å². The zero-order valence-corrected chi connectivity index (χ0v) is 14.7. The summed E-state index contributed by atoms with van der Waals surface area (Å²) in [6, 6.07) is 18.7. The summed E-state index contributed by atoms with van der Waals surface area (Å²) < 4.78 is 10.5. The standard InChI is InChI=1S/C20H18N4O3/c1-13(14-5-3-2-4-6-14)21-18-9-10-19(24-23-18)22-20(25)15-7-8-16-17(11-15)27-12-26-16/h2-11,13H,12H2,1H3,(H,21,23)(H,22,24,25). The van der Waals surface area contributed by atoms with Crippen molar-refractivity contribution in [3.63, 3.8) is 0 Å². The highest BCUT2D eigenvalue weighted by atomic mass is 16.7. The number of amides is 1. The Labute approximate surface area is 156 Å². The fraction of sp³-hybridized carbons (Fsp3) is 0.150. The summed E-state index contributed by atoms with van der Waals surface area (Å²) >= 11 is 0. The Morgan fingerprint density at radius 1 is 0.963 bits per heavy atom. The molecule has 1 amide bonds. The molecule has 0 fully saturated rings. The van der Waals surface area contributed by atoms with Crippen LogP contribution in [0.3, 0.4) is 0 Å².